The third-order valence-electron chi connectivity index (χ3n) is 2.58. The van der Waals surface area contributed by atoms with Gasteiger partial charge >= 0.3 is 0 Å². The van der Waals surface area contributed by atoms with Crippen LogP contribution in [0.25, 0.3) is 5.78 Å². The van der Waals surface area contributed by atoms with Gasteiger partial charge in [-0.15, -0.1) is 10.2 Å². The van der Waals surface area contributed by atoms with Gasteiger partial charge in [0.15, 0.2) is 0 Å². The van der Waals surface area contributed by atoms with Crippen molar-refractivity contribution in [2.24, 2.45) is 5.73 Å². The summed E-state index contributed by atoms with van der Waals surface area (Å²) in [5.41, 5.74) is 7.83. The number of hydrogen-bond donors (Lipinski definition) is 1. The van der Waals surface area contributed by atoms with Crippen LogP contribution in [-0.2, 0) is 6.42 Å². The van der Waals surface area contributed by atoms with Gasteiger partial charge in [-0.2, -0.15) is 0 Å². The van der Waals surface area contributed by atoms with Crippen LogP contribution in [0.2, 0.25) is 0 Å². The van der Waals surface area contributed by atoms with E-state index in [0.29, 0.717) is 5.78 Å². The van der Waals surface area contributed by atoms with Gasteiger partial charge in [-0.3, -0.25) is 4.40 Å². The van der Waals surface area contributed by atoms with Crippen molar-refractivity contribution < 1.29 is 0 Å². The van der Waals surface area contributed by atoms with Gasteiger partial charge in [-0.25, -0.2) is 4.98 Å². The molecule has 0 radical (unpaired) electrons. The van der Waals surface area contributed by atoms with E-state index in [4.69, 9.17) is 5.73 Å². The van der Waals surface area contributed by atoms with E-state index in [1.54, 1.807) is 0 Å². The summed E-state index contributed by atoms with van der Waals surface area (Å²) in [7, 11) is 0. The van der Waals surface area contributed by atoms with E-state index in [1.807, 2.05) is 31.2 Å². The third-order valence-corrected chi connectivity index (χ3v) is 2.58. The van der Waals surface area contributed by atoms with Crippen molar-refractivity contribution in [3.8, 4) is 0 Å². The fourth-order valence-electron chi connectivity index (χ4n) is 1.82. The Morgan fingerprint density at radius 2 is 2.12 bits per heavy atom. The maximum absolute atomic E-state index is 5.74. The van der Waals surface area contributed by atoms with Crippen LogP contribution in [0.15, 0.2) is 6.07 Å². The molecule has 0 saturated carbocycles. The lowest BCUT2D eigenvalue weighted by atomic mass is 10.2. The minimum Gasteiger partial charge on any atom is -0.328 e. The summed E-state index contributed by atoms with van der Waals surface area (Å²) < 4.78 is 2.00. The third kappa shape index (κ3) is 2.04. The summed E-state index contributed by atoms with van der Waals surface area (Å²) in [4.78, 5) is 4.34. The van der Waals surface area contributed by atoms with E-state index in [-0.39, 0.29) is 6.04 Å². The van der Waals surface area contributed by atoms with E-state index in [1.165, 1.54) is 0 Å². The van der Waals surface area contributed by atoms with Gasteiger partial charge in [-0.05, 0) is 33.3 Å². The minimum atomic E-state index is 0.186. The second kappa shape index (κ2) is 4.17. The summed E-state index contributed by atoms with van der Waals surface area (Å²) >= 11 is 0. The molecule has 5 heteroatoms. The van der Waals surface area contributed by atoms with E-state index in [9.17, 15) is 0 Å². The number of nitrogens with two attached hydrogens (primary N) is 1. The second-order valence-electron chi connectivity index (χ2n) is 4.31. The molecule has 0 bridgehead atoms. The molecular formula is C11H17N5. The summed E-state index contributed by atoms with van der Waals surface area (Å²) in [6.07, 6.45) is 1.75. The van der Waals surface area contributed by atoms with Gasteiger partial charge in [0.25, 0.3) is 5.78 Å². The number of nitrogens with zero attached hydrogens (tertiary/aromatic N) is 4. The first-order chi connectivity index (χ1) is 7.58. The largest absolute Gasteiger partial charge is 0.328 e. The van der Waals surface area contributed by atoms with E-state index in [0.717, 1.165) is 30.1 Å². The zero-order chi connectivity index (χ0) is 11.7. The highest BCUT2D eigenvalue weighted by Crippen LogP contribution is 2.09. The molecule has 2 N–H and O–H groups in total. The number of hydrogen-bond acceptors (Lipinski definition) is 4. The molecule has 0 spiro atoms. The molecular weight excluding hydrogens is 202 g/mol. The van der Waals surface area contributed by atoms with Crippen LogP contribution < -0.4 is 5.73 Å². The fraction of sp³-hybridized carbons (Fsp3) is 0.545. The molecule has 0 amide bonds. The van der Waals surface area contributed by atoms with Crippen molar-refractivity contribution >= 4 is 5.78 Å². The van der Waals surface area contributed by atoms with Crippen LogP contribution in [0, 0.1) is 13.8 Å². The van der Waals surface area contributed by atoms with Crippen molar-refractivity contribution in [3.63, 3.8) is 0 Å². The van der Waals surface area contributed by atoms with Gasteiger partial charge in [0.05, 0.1) is 0 Å². The molecule has 0 aliphatic heterocycles. The van der Waals surface area contributed by atoms with Gasteiger partial charge in [0.2, 0.25) is 0 Å². The fourth-order valence-corrected chi connectivity index (χ4v) is 1.82. The number of aromatic nitrogens is 4. The average Bonchev–Trinajstić information content (AvgIpc) is 2.57. The maximum Gasteiger partial charge on any atom is 0.255 e. The minimum absolute atomic E-state index is 0.186. The Morgan fingerprint density at radius 3 is 2.81 bits per heavy atom. The quantitative estimate of drug-likeness (QED) is 0.836. The molecule has 0 aromatic carbocycles. The number of aryl methyl sites for hydroxylation is 3. The van der Waals surface area contributed by atoms with Crippen LogP contribution >= 0.6 is 0 Å². The van der Waals surface area contributed by atoms with E-state index >= 15 is 0 Å². The maximum atomic E-state index is 5.74. The van der Waals surface area contributed by atoms with Crippen molar-refractivity contribution in [1.29, 1.82) is 0 Å². The van der Waals surface area contributed by atoms with Crippen LogP contribution in [0.1, 0.15) is 30.6 Å². The first kappa shape index (κ1) is 11.0. The molecule has 0 aliphatic carbocycles. The molecule has 0 aliphatic rings. The molecule has 2 rings (SSSR count). The predicted molar refractivity (Wildman–Crippen MR) is 62.2 cm³/mol. The Labute approximate surface area is 94.7 Å². The van der Waals surface area contributed by atoms with Crippen LogP contribution in [0.3, 0.4) is 0 Å². The normalized spacial score (nSPS) is 13.2. The van der Waals surface area contributed by atoms with Crippen molar-refractivity contribution in [3.05, 3.63) is 23.3 Å². The van der Waals surface area contributed by atoms with Crippen molar-refractivity contribution in [1.82, 2.24) is 19.6 Å². The molecule has 2 aromatic heterocycles. The van der Waals surface area contributed by atoms with Gasteiger partial charge in [0.1, 0.15) is 5.82 Å². The molecule has 2 heterocycles. The zero-order valence-corrected chi connectivity index (χ0v) is 9.94. The first-order valence-electron chi connectivity index (χ1n) is 5.52. The molecule has 0 fully saturated rings. The second-order valence-corrected chi connectivity index (χ2v) is 4.31. The lowest BCUT2D eigenvalue weighted by Gasteiger charge is -2.05. The molecule has 0 saturated heterocycles. The first-order valence-corrected chi connectivity index (χ1v) is 5.52. The summed E-state index contributed by atoms with van der Waals surface area (Å²) in [6, 6.07) is 2.22. The Hall–Kier alpha value is -1.49. The van der Waals surface area contributed by atoms with Gasteiger partial charge in [0, 0.05) is 23.9 Å². The van der Waals surface area contributed by atoms with Crippen molar-refractivity contribution in [2.75, 3.05) is 0 Å². The Balaban J connectivity index is 2.40. The van der Waals surface area contributed by atoms with Crippen LogP contribution in [-0.4, -0.2) is 25.6 Å². The van der Waals surface area contributed by atoms with Crippen molar-refractivity contribution in [2.45, 2.75) is 39.7 Å². The Morgan fingerprint density at radius 1 is 1.38 bits per heavy atom. The number of rotatable bonds is 3. The lowest BCUT2D eigenvalue weighted by Crippen LogP contribution is -2.16. The van der Waals surface area contributed by atoms with Gasteiger partial charge in [-0.1, -0.05) is 0 Å². The monoisotopic (exact) mass is 219 g/mol. The number of fused-ring (bicyclic) bond motifs is 1. The highest BCUT2D eigenvalue weighted by molar-refractivity contribution is 5.32. The molecule has 1 unspecified atom stereocenters. The smallest absolute Gasteiger partial charge is 0.255 e. The molecule has 86 valence electrons. The summed E-state index contributed by atoms with van der Waals surface area (Å²) in [6.45, 7) is 6.00. The lowest BCUT2D eigenvalue weighted by molar-refractivity contribution is 0.642. The highest BCUT2D eigenvalue weighted by Gasteiger charge is 2.09. The standard InChI is InChI=1S/C11H17N5/c1-7(12)4-5-10-14-15-11-13-8(2)6-9(3)16(10)11/h6-7H,4-5,12H2,1-3H3. The molecule has 1 atom stereocenters. The Kier molecular flexibility index (Phi) is 2.87. The van der Waals surface area contributed by atoms with Gasteiger partial charge < -0.3 is 5.73 Å². The van der Waals surface area contributed by atoms with Crippen LogP contribution in [0.5, 0.6) is 0 Å². The molecule has 5 nitrogen and oxygen atoms in total. The highest BCUT2D eigenvalue weighted by atomic mass is 15.3. The van der Waals surface area contributed by atoms with E-state index < -0.39 is 0 Å². The molecule has 2 aromatic rings. The molecule has 16 heavy (non-hydrogen) atoms. The van der Waals surface area contributed by atoms with Crippen LogP contribution in [0.4, 0.5) is 0 Å². The average molecular weight is 219 g/mol. The predicted octanol–water partition coefficient (Wildman–Crippen LogP) is 1.02. The summed E-state index contributed by atoms with van der Waals surface area (Å²) in [5.74, 6) is 1.62. The Bertz CT molecular complexity index is 500. The SMILES string of the molecule is Cc1cc(C)n2c(CCC(C)N)nnc2n1. The van der Waals surface area contributed by atoms with E-state index in [2.05, 4.69) is 15.2 Å². The zero-order valence-electron chi connectivity index (χ0n) is 9.94. The topological polar surface area (TPSA) is 69.1 Å². The summed E-state index contributed by atoms with van der Waals surface area (Å²) in [5, 5.41) is 8.24.